The summed E-state index contributed by atoms with van der Waals surface area (Å²) in [5.74, 6) is 0.970. The minimum absolute atomic E-state index is 0.0379. The van der Waals surface area contributed by atoms with Crippen LogP contribution in [0, 0.1) is 6.92 Å². The molecule has 1 N–H and O–H groups in total. The zero-order valence-electron chi connectivity index (χ0n) is 17.8. The fourth-order valence-corrected chi connectivity index (χ4v) is 3.58. The molecule has 162 valence electrons. The van der Waals surface area contributed by atoms with E-state index in [1.807, 2.05) is 38.1 Å². The quantitative estimate of drug-likeness (QED) is 0.348. The first-order valence-electron chi connectivity index (χ1n) is 10.1. The van der Waals surface area contributed by atoms with E-state index < -0.39 is 5.25 Å². The number of benzene rings is 2. The van der Waals surface area contributed by atoms with Crippen LogP contribution in [0.2, 0.25) is 0 Å². The molecule has 0 radical (unpaired) electrons. The third kappa shape index (κ3) is 6.68. The molecule has 1 atom stereocenters. The van der Waals surface area contributed by atoms with Crippen molar-refractivity contribution in [3.05, 3.63) is 65.5 Å². The number of ketones is 1. The van der Waals surface area contributed by atoms with Gasteiger partial charge < -0.3 is 14.5 Å². The summed E-state index contributed by atoms with van der Waals surface area (Å²) in [5, 5.41) is 10.7. The van der Waals surface area contributed by atoms with E-state index >= 15 is 0 Å². The highest BCUT2D eigenvalue weighted by atomic mass is 32.2. The molecule has 1 aromatic heterocycles. The lowest BCUT2D eigenvalue weighted by Gasteiger charge is -2.09. The lowest BCUT2D eigenvalue weighted by molar-refractivity contribution is -0.116. The topological polar surface area (TPSA) is 94.3 Å². The number of nitrogens with one attached hydrogen (secondary N) is 1. The monoisotopic (exact) mass is 439 g/mol. The Morgan fingerprint density at radius 3 is 2.65 bits per heavy atom. The SMILES string of the molecule is CCCC(=O)Nc1ccc(C(=O)C(C)Sc2nnc(COc3cccc(C)c3)o2)cc1. The van der Waals surface area contributed by atoms with Gasteiger partial charge in [0.15, 0.2) is 12.4 Å². The van der Waals surface area contributed by atoms with Gasteiger partial charge in [-0.25, -0.2) is 0 Å². The smallest absolute Gasteiger partial charge is 0.277 e. The summed E-state index contributed by atoms with van der Waals surface area (Å²) < 4.78 is 11.3. The molecule has 0 aliphatic heterocycles. The summed E-state index contributed by atoms with van der Waals surface area (Å²) in [6, 6.07) is 14.6. The van der Waals surface area contributed by atoms with Gasteiger partial charge >= 0.3 is 0 Å². The van der Waals surface area contributed by atoms with Crippen molar-refractivity contribution in [2.24, 2.45) is 0 Å². The molecule has 0 saturated carbocycles. The van der Waals surface area contributed by atoms with Crippen LogP contribution >= 0.6 is 11.8 Å². The number of hydrogen-bond acceptors (Lipinski definition) is 7. The first kappa shape index (κ1) is 22.6. The molecular formula is C23H25N3O4S. The number of rotatable bonds is 10. The number of ether oxygens (including phenoxy) is 1. The van der Waals surface area contributed by atoms with Gasteiger partial charge in [0.1, 0.15) is 5.75 Å². The van der Waals surface area contributed by atoms with Gasteiger partial charge in [-0.3, -0.25) is 9.59 Å². The van der Waals surface area contributed by atoms with Crippen LogP contribution in [0.15, 0.2) is 58.2 Å². The first-order chi connectivity index (χ1) is 14.9. The summed E-state index contributed by atoms with van der Waals surface area (Å²) in [7, 11) is 0. The van der Waals surface area contributed by atoms with Gasteiger partial charge in [0.05, 0.1) is 5.25 Å². The van der Waals surface area contributed by atoms with Crippen LogP contribution in [0.3, 0.4) is 0 Å². The minimum atomic E-state index is -0.411. The zero-order valence-corrected chi connectivity index (χ0v) is 18.6. The van der Waals surface area contributed by atoms with Crippen molar-refractivity contribution in [3.8, 4) is 5.75 Å². The number of nitrogens with zero attached hydrogens (tertiary/aromatic N) is 2. The Balaban J connectivity index is 1.53. The third-order valence-electron chi connectivity index (χ3n) is 4.38. The molecule has 0 saturated heterocycles. The van der Waals surface area contributed by atoms with E-state index in [-0.39, 0.29) is 18.3 Å². The maximum atomic E-state index is 12.7. The Kier molecular flexibility index (Phi) is 7.83. The van der Waals surface area contributed by atoms with E-state index in [1.165, 1.54) is 11.8 Å². The molecule has 0 aliphatic carbocycles. The predicted octanol–water partition coefficient (Wildman–Crippen LogP) is 5.06. The molecule has 1 amide bonds. The van der Waals surface area contributed by atoms with E-state index in [0.717, 1.165) is 17.7 Å². The van der Waals surface area contributed by atoms with Gasteiger partial charge in [0.2, 0.25) is 5.91 Å². The van der Waals surface area contributed by atoms with Crippen molar-refractivity contribution in [3.63, 3.8) is 0 Å². The first-order valence-corrected chi connectivity index (χ1v) is 10.9. The maximum absolute atomic E-state index is 12.7. The van der Waals surface area contributed by atoms with E-state index in [9.17, 15) is 9.59 Å². The maximum Gasteiger partial charge on any atom is 0.277 e. The third-order valence-corrected chi connectivity index (χ3v) is 5.31. The standard InChI is InChI=1S/C23H25N3O4S/c1-4-6-20(27)24-18-11-9-17(10-12-18)22(28)16(3)31-23-26-25-21(30-23)14-29-19-8-5-7-15(2)13-19/h5,7-13,16H,4,6,14H2,1-3H3,(H,24,27). The van der Waals surface area contributed by atoms with Crippen molar-refractivity contribution in [1.29, 1.82) is 0 Å². The minimum Gasteiger partial charge on any atom is -0.484 e. The molecule has 0 spiro atoms. The number of aromatic nitrogens is 2. The number of thioether (sulfide) groups is 1. The normalized spacial score (nSPS) is 11.7. The average molecular weight is 440 g/mol. The number of amides is 1. The average Bonchev–Trinajstić information content (AvgIpc) is 3.20. The molecule has 0 bridgehead atoms. The Morgan fingerprint density at radius 1 is 1.16 bits per heavy atom. The Labute approximate surface area is 185 Å². The zero-order chi connectivity index (χ0) is 22.2. The second-order valence-corrected chi connectivity index (χ2v) is 8.36. The second kappa shape index (κ2) is 10.8. The largest absolute Gasteiger partial charge is 0.484 e. The Hall–Kier alpha value is -3.13. The van der Waals surface area contributed by atoms with Crippen molar-refractivity contribution in [2.75, 3.05) is 5.32 Å². The highest BCUT2D eigenvalue weighted by molar-refractivity contribution is 8.00. The highest BCUT2D eigenvalue weighted by Crippen LogP contribution is 2.25. The summed E-state index contributed by atoms with van der Waals surface area (Å²) in [6.45, 7) is 5.88. The van der Waals surface area contributed by atoms with Crippen molar-refractivity contribution >= 4 is 29.1 Å². The van der Waals surface area contributed by atoms with Crippen LogP contribution in [-0.4, -0.2) is 27.1 Å². The Morgan fingerprint density at radius 2 is 1.94 bits per heavy atom. The molecule has 3 rings (SSSR count). The fourth-order valence-electron chi connectivity index (χ4n) is 2.80. The van der Waals surface area contributed by atoms with Gasteiger partial charge in [-0.05, 0) is 62.2 Å². The lowest BCUT2D eigenvalue weighted by atomic mass is 10.1. The molecule has 0 fully saturated rings. The van der Waals surface area contributed by atoms with Crippen LogP contribution in [0.5, 0.6) is 5.75 Å². The van der Waals surface area contributed by atoms with Gasteiger partial charge in [-0.15, -0.1) is 10.2 Å². The highest BCUT2D eigenvalue weighted by Gasteiger charge is 2.20. The van der Waals surface area contributed by atoms with Crippen LogP contribution in [0.4, 0.5) is 5.69 Å². The lowest BCUT2D eigenvalue weighted by Crippen LogP contribution is -2.14. The molecule has 1 unspecified atom stereocenters. The molecule has 1 heterocycles. The Bertz CT molecular complexity index is 1030. The van der Waals surface area contributed by atoms with Gasteiger partial charge in [-0.2, -0.15) is 0 Å². The molecule has 7 nitrogen and oxygen atoms in total. The van der Waals surface area contributed by atoms with Crippen molar-refractivity contribution < 1.29 is 18.7 Å². The number of Topliss-reactive ketones (excluding diaryl/α,β-unsaturated/α-hetero) is 1. The number of hydrogen-bond donors (Lipinski definition) is 1. The van der Waals surface area contributed by atoms with E-state index in [0.29, 0.717) is 28.8 Å². The fraction of sp³-hybridized carbons (Fsp3) is 0.304. The van der Waals surface area contributed by atoms with Crippen LogP contribution < -0.4 is 10.1 Å². The number of anilines is 1. The van der Waals surface area contributed by atoms with Crippen LogP contribution in [-0.2, 0) is 11.4 Å². The number of aryl methyl sites for hydroxylation is 1. The molecule has 0 aliphatic rings. The molecule has 8 heteroatoms. The van der Waals surface area contributed by atoms with E-state index in [1.54, 1.807) is 31.2 Å². The molecule has 3 aromatic rings. The molecule has 2 aromatic carbocycles. The van der Waals surface area contributed by atoms with Crippen LogP contribution in [0.25, 0.3) is 0 Å². The summed E-state index contributed by atoms with van der Waals surface area (Å²) in [4.78, 5) is 24.4. The van der Waals surface area contributed by atoms with Gasteiger partial charge in [0, 0.05) is 17.7 Å². The summed E-state index contributed by atoms with van der Waals surface area (Å²) in [6.07, 6.45) is 1.25. The number of carbonyl (C=O) groups is 2. The van der Waals surface area contributed by atoms with Crippen molar-refractivity contribution in [1.82, 2.24) is 10.2 Å². The van der Waals surface area contributed by atoms with E-state index in [4.69, 9.17) is 9.15 Å². The van der Waals surface area contributed by atoms with Crippen LogP contribution in [0.1, 0.15) is 48.5 Å². The van der Waals surface area contributed by atoms with Gasteiger partial charge in [0.25, 0.3) is 11.1 Å². The van der Waals surface area contributed by atoms with Crippen molar-refractivity contribution in [2.45, 2.75) is 50.7 Å². The van der Waals surface area contributed by atoms with Gasteiger partial charge in [-0.1, -0.05) is 30.8 Å². The summed E-state index contributed by atoms with van der Waals surface area (Å²) in [5.41, 5.74) is 2.32. The predicted molar refractivity (Wildman–Crippen MR) is 119 cm³/mol. The van der Waals surface area contributed by atoms with E-state index in [2.05, 4.69) is 15.5 Å². The second-order valence-electron chi connectivity index (χ2n) is 7.07. The summed E-state index contributed by atoms with van der Waals surface area (Å²) >= 11 is 1.20. The number of carbonyl (C=O) groups excluding carboxylic acids is 2. The molecule has 31 heavy (non-hydrogen) atoms. The molecular weight excluding hydrogens is 414 g/mol.